The van der Waals surface area contributed by atoms with Crippen LogP contribution in [0.2, 0.25) is 5.02 Å². The molecule has 0 aliphatic carbocycles. The van der Waals surface area contributed by atoms with Crippen LogP contribution in [0.3, 0.4) is 0 Å². The highest BCUT2D eigenvalue weighted by Crippen LogP contribution is 2.37. The molecule has 0 saturated heterocycles. The molecule has 6 heteroatoms. The molecule has 0 bridgehead atoms. The van der Waals surface area contributed by atoms with Crippen LogP contribution >= 0.6 is 11.6 Å². The van der Waals surface area contributed by atoms with Gasteiger partial charge in [-0.25, -0.2) is 4.39 Å². The third-order valence-electron chi connectivity index (χ3n) is 3.90. The molecule has 3 aromatic rings. The zero-order valence-corrected chi connectivity index (χ0v) is 16.0. The molecule has 0 aromatic heterocycles. The van der Waals surface area contributed by atoms with E-state index in [0.29, 0.717) is 36.0 Å². The number of ether oxygens (including phenoxy) is 2. The van der Waals surface area contributed by atoms with Gasteiger partial charge in [-0.3, -0.25) is 4.79 Å². The van der Waals surface area contributed by atoms with Crippen LogP contribution in [0.1, 0.15) is 22.8 Å². The maximum Gasteiger partial charge on any atom is 0.255 e. The number of nitrogens with one attached hydrogen (secondary N) is 1. The number of hydrogen-bond acceptors (Lipinski definition) is 3. The van der Waals surface area contributed by atoms with Crippen LogP contribution in [0.15, 0.2) is 66.7 Å². The molecule has 0 aliphatic rings. The first-order valence-electron chi connectivity index (χ1n) is 8.77. The van der Waals surface area contributed by atoms with Gasteiger partial charge in [0, 0.05) is 11.3 Å². The van der Waals surface area contributed by atoms with Crippen molar-refractivity contribution in [2.24, 2.45) is 0 Å². The number of halogens is 2. The minimum absolute atomic E-state index is 0.270. The van der Waals surface area contributed by atoms with Gasteiger partial charge < -0.3 is 14.8 Å². The molecule has 3 aromatic carbocycles. The van der Waals surface area contributed by atoms with Gasteiger partial charge in [-0.15, -0.1) is 0 Å². The number of rotatable bonds is 7. The number of carbonyl (C=O) groups is 1. The predicted octanol–water partition coefficient (Wildman–Crippen LogP) is 5.71. The lowest BCUT2D eigenvalue weighted by Gasteiger charge is -2.15. The third-order valence-corrected chi connectivity index (χ3v) is 4.18. The van der Waals surface area contributed by atoms with Crippen molar-refractivity contribution in [3.8, 4) is 11.5 Å². The SMILES string of the molecule is CCOc1cc(C(=O)Nc2ccc(F)cc2)cc(Cl)c1OCc1ccccc1. The van der Waals surface area contributed by atoms with E-state index in [-0.39, 0.29) is 16.7 Å². The largest absolute Gasteiger partial charge is 0.490 e. The highest BCUT2D eigenvalue weighted by molar-refractivity contribution is 6.32. The molecule has 4 nitrogen and oxygen atoms in total. The van der Waals surface area contributed by atoms with Crippen molar-refractivity contribution in [1.82, 2.24) is 0 Å². The van der Waals surface area contributed by atoms with Gasteiger partial charge in [-0.2, -0.15) is 0 Å². The second-order valence-electron chi connectivity index (χ2n) is 5.95. The molecule has 3 rings (SSSR count). The van der Waals surface area contributed by atoms with E-state index in [2.05, 4.69) is 5.32 Å². The zero-order chi connectivity index (χ0) is 19.9. The summed E-state index contributed by atoms with van der Waals surface area (Å²) in [6, 6.07) is 18.3. The van der Waals surface area contributed by atoms with Crippen molar-refractivity contribution in [3.63, 3.8) is 0 Å². The lowest BCUT2D eigenvalue weighted by atomic mass is 10.1. The molecule has 0 atom stereocenters. The van der Waals surface area contributed by atoms with Crippen LogP contribution in [0.5, 0.6) is 11.5 Å². The normalized spacial score (nSPS) is 10.4. The Labute approximate surface area is 167 Å². The van der Waals surface area contributed by atoms with Crippen molar-refractivity contribution in [1.29, 1.82) is 0 Å². The molecule has 1 amide bonds. The average Bonchev–Trinajstić information content (AvgIpc) is 2.70. The lowest BCUT2D eigenvalue weighted by Crippen LogP contribution is -2.12. The fraction of sp³-hybridized carbons (Fsp3) is 0.136. The molecule has 28 heavy (non-hydrogen) atoms. The second-order valence-corrected chi connectivity index (χ2v) is 6.36. The summed E-state index contributed by atoms with van der Waals surface area (Å²) in [4.78, 5) is 12.5. The molecule has 0 aliphatic heterocycles. The van der Waals surface area contributed by atoms with Crippen LogP contribution < -0.4 is 14.8 Å². The van der Waals surface area contributed by atoms with Crippen molar-refractivity contribution >= 4 is 23.2 Å². The van der Waals surface area contributed by atoms with Gasteiger partial charge in [-0.1, -0.05) is 41.9 Å². The smallest absolute Gasteiger partial charge is 0.255 e. The summed E-state index contributed by atoms with van der Waals surface area (Å²) in [5, 5.41) is 2.97. The maximum absolute atomic E-state index is 13.0. The van der Waals surface area contributed by atoms with E-state index >= 15 is 0 Å². The Bertz CT molecular complexity index is 946. The van der Waals surface area contributed by atoms with Crippen LogP contribution in [-0.4, -0.2) is 12.5 Å². The van der Waals surface area contributed by atoms with Gasteiger partial charge in [0.2, 0.25) is 0 Å². The molecule has 0 saturated carbocycles. The fourth-order valence-electron chi connectivity index (χ4n) is 2.57. The van der Waals surface area contributed by atoms with Crippen molar-refractivity contribution in [2.45, 2.75) is 13.5 Å². The lowest BCUT2D eigenvalue weighted by molar-refractivity contribution is 0.102. The van der Waals surface area contributed by atoms with Crippen molar-refractivity contribution < 1.29 is 18.7 Å². The Morgan fingerprint density at radius 3 is 2.43 bits per heavy atom. The van der Waals surface area contributed by atoms with E-state index < -0.39 is 0 Å². The van der Waals surface area contributed by atoms with Crippen molar-refractivity contribution in [3.05, 3.63) is 88.7 Å². The Balaban J connectivity index is 1.81. The van der Waals surface area contributed by atoms with Gasteiger partial charge in [0.15, 0.2) is 11.5 Å². The first-order valence-corrected chi connectivity index (χ1v) is 9.14. The van der Waals surface area contributed by atoms with Gasteiger partial charge in [-0.05, 0) is 48.9 Å². The summed E-state index contributed by atoms with van der Waals surface area (Å²) < 4.78 is 24.5. The van der Waals surface area contributed by atoms with Gasteiger partial charge >= 0.3 is 0 Å². The maximum atomic E-state index is 13.0. The summed E-state index contributed by atoms with van der Waals surface area (Å²) in [6.07, 6.45) is 0. The fourth-order valence-corrected chi connectivity index (χ4v) is 2.83. The minimum atomic E-state index is -0.385. The highest BCUT2D eigenvalue weighted by atomic mass is 35.5. The predicted molar refractivity (Wildman–Crippen MR) is 108 cm³/mol. The van der Waals surface area contributed by atoms with E-state index in [1.807, 2.05) is 37.3 Å². The molecular weight excluding hydrogens is 381 g/mol. The van der Waals surface area contributed by atoms with E-state index in [1.54, 1.807) is 6.07 Å². The highest BCUT2D eigenvalue weighted by Gasteiger charge is 2.17. The van der Waals surface area contributed by atoms with E-state index in [0.717, 1.165) is 5.56 Å². The molecule has 144 valence electrons. The van der Waals surface area contributed by atoms with Crippen LogP contribution in [-0.2, 0) is 6.61 Å². The quantitative estimate of drug-likeness (QED) is 0.553. The average molecular weight is 400 g/mol. The Kier molecular flexibility index (Phi) is 6.50. The molecule has 0 heterocycles. The van der Waals surface area contributed by atoms with Crippen molar-refractivity contribution in [2.75, 3.05) is 11.9 Å². The standard InChI is InChI=1S/C22H19ClFNO3/c1-2-27-20-13-16(22(26)25-18-10-8-17(24)9-11-18)12-19(23)21(20)28-14-15-6-4-3-5-7-15/h3-13H,2,14H2,1H3,(H,25,26). The number of hydrogen-bond donors (Lipinski definition) is 1. The summed E-state index contributed by atoms with van der Waals surface area (Å²) in [5.41, 5.74) is 1.77. The summed E-state index contributed by atoms with van der Waals surface area (Å²) in [5.74, 6) is 0.00422. The zero-order valence-electron chi connectivity index (χ0n) is 15.2. The number of amides is 1. The Morgan fingerprint density at radius 2 is 1.75 bits per heavy atom. The first kappa shape index (κ1) is 19.7. The molecule has 0 radical (unpaired) electrons. The second kappa shape index (κ2) is 9.24. The third kappa shape index (κ3) is 5.02. The Morgan fingerprint density at radius 1 is 1.04 bits per heavy atom. The number of carbonyl (C=O) groups excluding carboxylic acids is 1. The first-order chi connectivity index (χ1) is 13.6. The van der Waals surface area contributed by atoms with Crippen LogP contribution in [0, 0.1) is 5.82 Å². The monoisotopic (exact) mass is 399 g/mol. The number of anilines is 1. The summed E-state index contributed by atoms with van der Waals surface area (Å²) in [6.45, 7) is 2.54. The van der Waals surface area contributed by atoms with Gasteiger partial charge in [0.05, 0.1) is 11.6 Å². The summed E-state index contributed by atoms with van der Waals surface area (Å²) in [7, 11) is 0. The topological polar surface area (TPSA) is 47.6 Å². The van der Waals surface area contributed by atoms with E-state index in [9.17, 15) is 9.18 Å². The molecule has 0 spiro atoms. The molecule has 0 fully saturated rings. The van der Waals surface area contributed by atoms with Crippen LogP contribution in [0.25, 0.3) is 0 Å². The van der Waals surface area contributed by atoms with Gasteiger partial charge in [0.25, 0.3) is 5.91 Å². The van der Waals surface area contributed by atoms with Crippen LogP contribution in [0.4, 0.5) is 10.1 Å². The van der Waals surface area contributed by atoms with E-state index in [1.165, 1.54) is 30.3 Å². The molecular formula is C22H19ClFNO3. The number of benzene rings is 3. The summed E-state index contributed by atoms with van der Waals surface area (Å²) >= 11 is 6.37. The van der Waals surface area contributed by atoms with Gasteiger partial charge in [0.1, 0.15) is 12.4 Å². The van der Waals surface area contributed by atoms with E-state index in [4.69, 9.17) is 21.1 Å². The Hall–Kier alpha value is -3.05. The minimum Gasteiger partial charge on any atom is -0.490 e. The molecule has 0 unspecified atom stereocenters. The molecule has 1 N–H and O–H groups in total.